The van der Waals surface area contributed by atoms with Crippen molar-refractivity contribution in [1.82, 2.24) is 20.2 Å². The molecule has 0 bridgehead atoms. The molecule has 5 nitrogen and oxygen atoms in total. The fourth-order valence-corrected chi connectivity index (χ4v) is 2.10. The topological polar surface area (TPSA) is 68.8 Å². The van der Waals surface area contributed by atoms with Crippen LogP contribution in [0.15, 0.2) is 30.6 Å². The Morgan fingerprint density at radius 3 is 2.61 bits per heavy atom. The van der Waals surface area contributed by atoms with E-state index in [-0.39, 0.29) is 6.04 Å². The summed E-state index contributed by atoms with van der Waals surface area (Å²) >= 11 is 0. The van der Waals surface area contributed by atoms with Gasteiger partial charge in [0, 0.05) is 37.6 Å². The quantitative estimate of drug-likeness (QED) is 0.602. The van der Waals surface area contributed by atoms with Crippen molar-refractivity contribution < 1.29 is 0 Å². The van der Waals surface area contributed by atoms with Crippen LogP contribution in [0.2, 0.25) is 0 Å². The Morgan fingerprint density at radius 1 is 1.33 bits per heavy atom. The first-order valence-electron chi connectivity index (χ1n) is 6.03. The van der Waals surface area contributed by atoms with Crippen LogP contribution < -0.4 is 11.3 Å². The zero-order valence-corrected chi connectivity index (χ0v) is 10.8. The summed E-state index contributed by atoms with van der Waals surface area (Å²) in [6.45, 7) is 2.00. The highest BCUT2D eigenvalue weighted by atomic mass is 15.3. The van der Waals surface area contributed by atoms with Crippen LogP contribution in [0, 0.1) is 6.92 Å². The Kier molecular flexibility index (Phi) is 4.07. The van der Waals surface area contributed by atoms with E-state index in [2.05, 4.69) is 21.6 Å². The number of aromatic nitrogens is 3. The lowest BCUT2D eigenvalue weighted by atomic mass is 10.0. The Hall–Kier alpha value is -1.72. The summed E-state index contributed by atoms with van der Waals surface area (Å²) in [7, 11) is 1.96. The van der Waals surface area contributed by atoms with Crippen molar-refractivity contribution in [3.8, 4) is 0 Å². The van der Waals surface area contributed by atoms with Gasteiger partial charge in [0.05, 0.1) is 5.69 Å². The Morgan fingerprint density at radius 2 is 2.06 bits per heavy atom. The molecule has 0 spiro atoms. The lowest BCUT2D eigenvalue weighted by molar-refractivity contribution is 0.505. The van der Waals surface area contributed by atoms with Crippen molar-refractivity contribution in [3.63, 3.8) is 0 Å². The van der Waals surface area contributed by atoms with Gasteiger partial charge in [-0.05, 0) is 37.1 Å². The Labute approximate surface area is 107 Å². The van der Waals surface area contributed by atoms with Gasteiger partial charge >= 0.3 is 0 Å². The second kappa shape index (κ2) is 5.75. The first-order valence-corrected chi connectivity index (χ1v) is 6.03. The molecule has 0 radical (unpaired) electrons. The number of rotatable bonds is 5. The molecule has 0 fully saturated rings. The van der Waals surface area contributed by atoms with Crippen molar-refractivity contribution in [3.05, 3.63) is 47.5 Å². The number of nitrogens with two attached hydrogens (primary N) is 1. The van der Waals surface area contributed by atoms with Crippen LogP contribution in [0.3, 0.4) is 0 Å². The first kappa shape index (κ1) is 12.7. The molecule has 2 heterocycles. The number of hydrazine groups is 1. The third-order valence-corrected chi connectivity index (χ3v) is 3.02. The van der Waals surface area contributed by atoms with Crippen molar-refractivity contribution in [2.24, 2.45) is 12.9 Å². The summed E-state index contributed by atoms with van der Waals surface area (Å²) in [5, 5.41) is 4.34. The maximum absolute atomic E-state index is 5.63. The molecule has 2 aromatic rings. The molecule has 1 atom stereocenters. The minimum Gasteiger partial charge on any atom is -0.272 e. The van der Waals surface area contributed by atoms with Gasteiger partial charge in [-0.3, -0.25) is 20.9 Å². The maximum Gasteiger partial charge on any atom is 0.0596 e. The Bertz CT molecular complexity index is 491. The normalized spacial score (nSPS) is 12.6. The van der Waals surface area contributed by atoms with E-state index in [1.54, 1.807) is 12.4 Å². The summed E-state index contributed by atoms with van der Waals surface area (Å²) in [4.78, 5) is 4.01. The standard InChI is InChI=1S/C13H19N5/c1-10-7-13(18(2)17-10)9-12(16-14)8-11-3-5-15-6-4-11/h3-7,12,16H,8-9,14H2,1-2H3. The summed E-state index contributed by atoms with van der Waals surface area (Å²) in [6, 6.07) is 6.32. The third-order valence-electron chi connectivity index (χ3n) is 3.02. The minimum absolute atomic E-state index is 0.196. The number of nitrogens with zero attached hydrogens (tertiary/aromatic N) is 3. The number of aryl methyl sites for hydroxylation is 2. The SMILES string of the molecule is Cc1cc(CC(Cc2ccncc2)NN)n(C)n1. The van der Waals surface area contributed by atoms with Crippen molar-refractivity contribution in [2.45, 2.75) is 25.8 Å². The number of hydrogen-bond acceptors (Lipinski definition) is 4. The summed E-state index contributed by atoms with van der Waals surface area (Å²) in [5.41, 5.74) is 6.32. The van der Waals surface area contributed by atoms with Crippen molar-refractivity contribution in [1.29, 1.82) is 0 Å². The van der Waals surface area contributed by atoms with Crippen LogP contribution in [0.25, 0.3) is 0 Å². The van der Waals surface area contributed by atoms with Gasteiger partial charge < -0.3 is 0 Å². The third kappa shape index (κ3) is 3.15. The average molecular weight is 245 g/mol. The van der Waals surface area contributed by atoms with E-state index in [9.17, 15) is 0 Å². The van der Waals surface area contributed by atoms with Gasteiger partial charge in [-0.1, -0.05) is 0 Å². The highest BCUT2D eigenvalue weighted by molar-refractivity contribution is 5.14. The van der Waals surface area contributed by atoms with E-state index in [1.807, 2.05) is 30.8 Å². The van der Waals surface area contributed by atoms with Crippen LogP contribution in [0.4, 0.5) is 0 Å². The summed E-state index contributed by atoms with van der Waals surface area (Å²) in [6.07, 6.45) is 5.34. The van der Waals surface area contributed by atoms with E-state index < -0.39 is 0 Å². The molecule has 0 aliphatic carbocycles. The lowest BCUT2D eigenvalue weighted by Gasteiger charge is -2.15. The van der Waals surface area contributed by atoms with Crippen LogP contribution in [-0.4, -0.2) is 20.8 Å². The second-order valence-corrected chi connectivity index (χ2v) is 4.53. The smallest absolute Gasteiger partial charge is 0.0596 e. The van der Waals surface area contributed by atoms with E-state index in [0.717, 1.165) is 18.5 Å². The predicted molar refractivity (Wildman–Crippen MR) is 70.7 cm³/mol. The van der Waals surface area contributed by atoms with Gasteiger partial charge in [0.1, 0.15) is 0 Å². The molecule has 2 aromatic heterocycles. The van der Waals surface area contributed by atoms with E-state index >= 15 is 0 Å². The Balaban J connectivity index is 2.04. The second-order valence-electron chi connectivity index (χ2n) is 4.53. The molecule has 0 saturated carbocycles. The summed E-state index contributed by atoms with van der Waals surface area (Å²) in [5.74, 6) is 5.63. The van der Waals surface area contributed by atoms with Gasteiger partial charge in [-0.2, -0.15) is 5.10 Å². The van der Waals surface area contributed by atoms with Gasteiger partial charge in [0.25, 0.3) is 0 Å². The molecule has 0 aliphatic rings. The molecule has 96 valence electrons. The number of pyridine rings is 1. The summed E-state index contributed by atoms with van der Waals surface area (Å²) < 4.78 is 1.91. The lowest BCUT2D eigenvalue weighted by Crippen LogP contribution is -2.38. The van der Waals surface area contributed by atoms with Crippen LogP contribution in [-0.2, 0) is 19.9 Å². The molecule has 0 aliphatic heterocycles. The highest BCUT2D eigenvalue weighted by Crippen LogP contribution is 2.09. The monoisotopic (exact) mass is 245 g/mol. The van der Waals surface area contributed by atoms with Crippen LogP contribution in [0.5, 0.6) is 0 Å². The van der Waals surface area contributed by atoms with Gasteiger partial charge in [0.15, 0.2) is 0 Å². The fraction of sp³-hybridized carbons (Fsp3) is 0.385. The number of nitrogens with one attached hydrogen (secondary N) is 1. The van der Waals surface area contributed by atoms with E-state index in [4.69, 9.17) is 5.84 Å². The van der Waals surface area contributed by atoms with Crippen LogP contribution >= 0.6 is 0 Å². The highest BCUT2D eigenvalue weighted by Gasteiger charge is 2.12. The molecule has 5 heteroatoms. The van der Waals surface area contributed by atoms with Gasteiger partial charge in [-0.25, -0.2) is 0 Å². The molecular weight excluding hydrogens is 226 g/mol. The van der Waals surface area contributed by atoms with Gasteiger partial charge in [-0.15, -0.1) is 0 Å². The molecule has 0 saturated heterocycles. The fourth-order valence-electron chi connectivity index (χ4n) is 2.10. The molecule has 0 aromatic carbocycles. The molecule has 2 rings (SSSR count). The van der Waals surface area contributed by atoms with Crippen LogP contribution in [0.1, 0.15) is 17.0 Å². The zero-order valence-electron chi connectivity index (χ0n) is 10.8. The van der Waals surface area contributed by atoms with Crippen molar-refractivity contribution in [2.75, 3.05) is 0 Å². The van der Waals surface area contributed by atoms with E-state index in [0.29, 0.717) is 0 Å². The molecule has 18 heavy (non-hydrogen) atoms. The average Bonchev–Trinajstić information content (AvgIpc) is 2.68. The number of hydrogen-bond donors (Lipinski definition) is 2. The maximum atomic E-state index is 5.63. The molecule has 1 unspecified atom stereocenters. The molecule has 0 amide bonds. The predicted octanol–water partition coefficient (Wildman–Crippen LogP) is 0.741. The first-order chi connectivity index (χ1) is 8.69. The molecular formula is C13H19N5. The zero-order chi connectivity index (χ0) is 13.0. The largest absolute Gasteiger partial charge is 0.272 e. The van der Waals surface area contributed by atoms with E-state index in [1.165, 1.54) is 11.3 Å². The van der Waals surface area contributed by atoms with Gasteiger partial charge in [0.2, 0.25) is 0 Å². The molecule has 3 N–H and O–H groups in total. The minimum atomic E-state index is 0.196. The van der Waals surface area contributed by atoms with Crippen molar-refractivity contribution >= 4 is 0 Å².